The zero-order valence-electron chi connectivity index (χ0n) is 17.3. The Hall–Kier alpha value is -2.05. The van der Waals surface area contributed by atoms with E-state index >= 15 is 0 Å². The van der Waals surface area contributed by atoms with Gasteiger partial charge in [0.05, 0.1) is 11.8 Å². The van der Waals surface area contributed by atoms with Gasteiger partial charge >= 0.3 is 26.4 Å². The first-order valence-electron chi connectivity index (χ1n) is 9.46. The second-order valence-corrected chi connectivity index (χ2v) is 6.41. The molecule has 0 fully saturated rings. The van der Waals surface area contributed by atoms with Crippen LogP contribution in [0.25, 0.3) is 10.6 Å². The van der Waals surface area contributed by atoms with Crippen LogP contribution in [0.1, 0.15) is 61.3 Å². The van der Waals surface area contributed by atoms with Crippen LogP contribution in [0.5, 0.6) is 0 Å². The molecule has 2 atom stereocenters. The Morgan fingerprint density at radius 2 is 1.03 bits per heavy atom. The predicted molar refractivity (Wildman–Crippen MR) is 110 cm³/mol. The van der Waals surface area contributed by atoms with Gasteiger partial charge in [-0.3, -0.25) is 0 Å². The second-order valence-electron chi connectivity index (χ2n) is 6.19. The van der Waals surface area contributed by atoms with Crippen LogP contribution in [0.2, 0.25) is 0 Å². The van der Waals surface area contributed by atoms with E-state index in [1.807, 2.05) is 64.1 Å². The Kier molecular flexibility index (Phi) is 15.7. The van der Waals surface area contributed by atoms with Crippen molar-refractivity contribution in [3.63, 3.8) is 0 Å². The summed E-state index contributed by atoms with van der Waals surface area (Å²) in [7, 11) is 0. The van der Waals surface area contributed by atoms with Gasteiger partial charge < -0.3 is 20.2 Å². The van der Waals surface area contributed by atoms with E-state index in [4.69, 9.17) is 0 Å². The Bertz CT molecular complexity index is 628. The molecule has 2 rings (SSSR count). The van der Waals surface area contributed by atoms with Crippen molar-refractivity contribution >= 4 is 11.8 Å². The molecule has 2 aromatic rings. The zero-order chi connectivity index (χ0) is 22.1. The minimum absolute atomic E-state index is 0.116. The summed E-state index contributed by atoms with van der Waals surface area (Å²) < 4.78 is 19.5. The van der Waals surface area contributed by atoms with Crippen molar-refractivity contribution in [3.8, 4) is 0 Å². The third-order valence-electron chi connectivity index (χ3n) is 3.90. The van der Waals surface area contributed by atoms with E-state index in [1.165, 1.54) is 0 Å². The summed E-state index contributed by atoms with van der Waals surface area (Å²) in [5.41, 5.74) is 1.34. The standard InChI is InChI=1S/2C11H15NO.2FH.Ti/c2*1-3-9(2)12-11(13)10-7-5-4-6-8-10;;;/h2*4-9H,3H2,1-2H3,(H,12,13);2*1H;/q;;;;+2/p-4. The number of halogens is 2. The topological polar surface area (TPSA) is 62.3 Å². The van der Waals surface area contributed by atoms with Crippen LogP contribution in [0, 0.1) is 0 Å². The van der Waals surface area contributed by atoms with E-state index in [-0.39, 0.29) is 23.9 Å². The van der Waals surface area contributed by atoms with Crippen LogP contribution >= 0.6 is 0 Å². The SMILES string of the molecule is CCC(C)[N-]C(=O)c1ccccc1.CCC(C)[N-]C(=O)c1ccccc1.[F][Ti][F]. The number of amides is 2. The number of nitrogens with zero attached hydrogens (tertiary/aromatic N) is 2. The molecule has 0 aliphatic carbocycles. The summed E-state index contributed by atoms with van der Waals surface area (Å²) in [5.74, 6) is -0.232. The van der Waals surface area contributed by atoms with Crippen molar-refractivity contribution in [2.24, 2.45) is 0 Å². The maximum absolute atomic E-state index is 11.4. The van der Waals surface area contributed by atoms with E-state index in [0.717, 1.165) is 12.8 Å². The maximum atomic E-state index is 11.4. The molecule has 0 aliphatic rings. The minimum atomic E-state index is -2.50. The fraction of sp³-hybridized carbons (Fsp3) is 0.364. The molecule has 2 aromatic carbocycles. The third kappa shape index (κ3) is 12.9. The van der Waals surface area contributed by atoms with E-state index in [2.05, 4.69) is 10.6 Å². The number of carbonyl (C=O) groups excluding carboxylic acids is 2. The van der Waals surface area contributed by atoms with Crippen LogP contribution in [0.3, 0.4) is 0 Å². The molecular weight excluding hydrogens is 410 g/mol. The van der Waals surface area contributed by atoms with Crippen LogP contribution in [-0.4, -0.2) is 23.9 Å². The summed E-state index contributed by atoms with van der Waals surface area (Å²) in [6.45, 7) is 7.93. The molecular formula is C22H28F2N2O2Ti-2. The summed E-state index contributed by atoms with van der Waals surface area (Å²) in [6, 6.07) is 18.5. The molecule has 0 spiro atoms. The monoisotopic (exact) mass is 438 g/mol. The van der Waals surface area contributed by atoms with E-state index in [9.17, 15) is 15.8 Å². The molecule has 0 aliphatic heterocycles. The molecule has 4 nitrogen and oxygen atoms in total. The molecule has 0 heterocycles. The molecule has 29 heavy (non-hydrogen) atoms. The molecule has 0 aromatic heterocycles. The molecule has 7 heteroatoms. The summed E-state index contributed by atoms with van der Waals surface area (Å²) >= 11 is -2.50. The number of hydrogen-bond donors (Lipinski definition) is 0. The molecule has 2 amide bonds. The van der Waals surface area contributed by atoms with Gasteiger partial charge in [-0.2, -0.15) is 0 Å². The van der Waals surface area contributed by atoms with Crippen LogP contribution in [0.15, 0.2) is 60.7 Å². The second kappa shape index (κ2) is 16.9. The number of benzene rings is 2. The van der Waals surface area contributed by atoms with Crippen LogP contribution in [0.4, 0.5) is 6.18 Å². The summed E-state index contributed by atoms with van der Waals surface area (Å²) in [6.07, 6.45) is 1.80. The summed E-state index contributed by atoms with van der Waals surface area (Å²) in [4.78, 5) is 22.9. The normalized spacial score (nSPS) is 11.4. The molecule has 158 valence electrons. The van der Waals surface area contributed by atoms with Gasteiger partial charge in [0.2, 0.25) is 0 Å². The van der Waals surface area contributed by atoms with Gasteiger partial charge in [0.25, 0.3) is 0 Å². The molecule has 0 saturated carbocycles. The third-order valence-corrected chi connectivity index (χ3v) is 3.90. The van der Waals surface area contributed by atoms with Gasteiger partial charge in [0, 0.05) is 0 Å². The van der Waals surface area contributed by atoms with Gasteiger partial charge in [-0.15, -0.1) is 12.1 Å². The quantitative estimate of drug-likeness (QED) is 0.464. The van der Waals surface area contributed by atoms with E-state index in [1.54, 1.807) is 24.3 Å². The Labute approximate surface area is 182 Å². The van der Waals surface area contributed by atoms with Gasteiger partial charge in [-0.25, -0.2) is 0 Å². The first kappa shape index (κ1) is 27.0. The van der Waals surface area contributed by atoms with Crippen LogP contribution in [-0.2, 0) is 20.2 Å². The number of carbonyl (C=O) groups is 2. The Morgan fingerprint density at radius 1 is 0.759 bits per heavy atom. The van der Waals surface area contributed by atoms with Gasteiger partial charge in [0.15, 0.2) is 0 Å². The van der Waals surface area contributed by atoms with Gasteiger partial charge in [-0.1, -0.05) is 101 Å². The molecule has 0 bridgehead atoms. The average Bonchev–Trinajstić information content (AvgIpc) is 2.75. The molecule has 0 radical (unpaired) electrons. The first-order valence-corrected chi connectivity index (χ1v) is 10.6. The van der Waals surface area contributed by atoms with Crippen molar-refractivity contribution in [1.29, 1.82) is 0 Å². The van der Waals surface area contributed by atoms with E-state index in [0.29, 0.717) is 11.1 Å². The zero-order valence-corrected chi connectivity index (χ0v) is 18.9. The van der Waals surface area contributed by atoms with Crippen molar-refractivity contribution in [3.05, 3.63) is 82.4 Å². The fourth-order valence-electron chi connectivity index (χ4n) is 1.89. The van der Waals surface area contributed by atoms with Gasteiger partial charge in [-0.05, 0) is 11.1 Å². The first-order chi connectivity index (χ1) is 13.9. The average molecular weight is 438 g/mol. The summed E-state index contributed by atoms with van der Waals surface area (Å²) in [5, 5.41) is 8.05. The van der Waals surface area contributed by atoms with Crippen molar-refractivity contribution < 1.29 is 36.0 Å². The van der Waals surface area contributed by atoms with Crippen molar-refractivity contribution in [1.82, 2.24) is 0 Å². The molecule has 0 N–H and O–H groups in total. The van der Waals surface area contributed by atoms with Crippen molar-refractivity contribution in [2.45, 2.75) is 52.6 Å². The Morgan fingerprint density at radius 3 is 1.28 bits per heavy atom. The number of rotatable bonds is 6. The fourth-order valence-corrected chi connectivity index (χ4v) is 1.89. The Balaban J connectivity index is 0.000000477. The number of hydrogen-bond acceptors (Lipinski definition) is 2. The van der Waals surface area contributed by atoms with Crippen molar-refractivity contribution in [2.75, 3.05) is 0 Å². The predicted octanol–water partition coefficient (Wildman–Crippen LogP) is 6.84. The molecule has 2 unspecified atom stereocenters. The molecule has 0 saturated heterocycles. The van der Waals surface area contributed by atoms with Crippen LogP contribution < -0.4 is 0 Å². The van der Waals surface area contributed by atoms with Gasteiger partial charge in [0.1, 0.15) is 0 Å². The van der Waals surface area contributed by atoms with E-state index < -0.39 is 20.2 Å².